The highest BCUT2D eigenvalue weighted by molar-refractivity contribution is 5.78. The Labute approximate surface area is 142 Å². The molecule has 24 heavy (non-hydrogen) atoms. The number of nitrogens with one attached hydrogen (secondary N) is 1. The average molecular weight is 328 g/mol. The molecule has 1 amide bonds. The fourth-order valence-electron chi connectivity index (χ4n) is 2.94. The Bertz CT molecular complexity index is 669. The molecule has 1 N–H and O–H groups in total. The number of hydrogen-bond donors (Lipinski definition) is 1. The number of rotatable bonds is 7. The summed E-state index contributed by atoms with van der Waals surface area (Å²) in [6.45, 7) is 5.39. The van der Waals surface area contributed by atoms with E-state index in [2.05, 4.69) is 41.4 Å². The lowest BCUT2D eigenvalue weighted by atomic mass is 10.1. The summed E-state index contributed by atoms with van der Waals surface area (Å²) in [7, 11) is 0. The fraction of sp³-hybridized carbons (Fsp3) is 0.500. The van der Waals surface area contributed by atoms with Gasteiger partial charge in [0.05, 0.1) is 6.54 Å². The summed E-state index contributed by atoms with van der Waals surface area (Å²) in [5.41, 5.74) is 1.23. The van der Waals surface area contributed by atoms with Crippen LogP contribution in [0.1, 0.15) is 50.0 Å². The van der Waals surface area contributed by atoms with Gasteiger partial charge in [-0.15, -0.1) is 0 Å². The van der Waals surface area contributed by atoms with Crippen molar-refractivity contribution in [2.24, 2.45) is 0 Å². The van der Waals surface area contributed by atoms with Gasteiger partial charge in [0, 0.05) is 19.0 Å². The van der Waals surface area contributed by atoms with E-state index in [4.69, 9.17) is 4.52 Å². The minimum atomic E-state index is -0.0958. The Kier molecular flexibility index (Phi) is 5.25. The normalized spacial score (nSPS) is 17.9. The zero-order valence-corrected chi connectivity index (χ0v) is 14.2. The Morgan fingerprint density at radius 2 is 2.12 bits per heavy atom. The molecule has 0 bridgehead atoms. The molecule has 0 aliphatic carbocycles. The van der Waals surface area contributed by atoms with Gasteiger partial charge >= 0.3 is 0 Å². The molecule has 128 valence electrons. The Balaban J connectivity index is 1.64. The number of amides is 1. The number of hydrogen-bond acceptors (Lipinski definition) is 5. The zero-order chi connectivity index (χ0) is 16.9. The lowest BCUT2D eigenvalue weighted by molar-refractivity contribution is -0.129. The third kappa shape index (κ3) is 4.00. The molecule has 0 saturated carbocycles. The van der Waals surface area contributed by atoms with E-state index in [0.29, 0.717) is 37.3 Å². The van der Waals surface area contributed by atoms with Gasteiger partial charge in [0.1, 0.15) is 6.04 Å². The molecule has 2 heterocycles. The molecule has 0 spiro atoms. The number of nitrogens with zero attached hydrogens (tertiary/aromatic N) is 3. The lowest BCUT2D eigenvalue weighted by Gasteiger charge is -2.22. The molecule has 6 heteroatoms. The molecule has 0 radical (unpaired) electrons. The predicted molar refractivity (Wildman–Crippen MR) is 90.1 cm³/mol. The van der Waals surface area contributed by atoms with Crippen molar-refractivity contribution < 1.29 is 9.32 Å². The second-order valence-corrected chi connectivity index (χ2v) is 6.46. The zero-order valence-electron chi connectivity index (χ0n) is 14.2. The van der Waals surface area contributed by atoms with Crippen molar-refractivity contribution in [1.29, 1.82) is 0 Å². The predicted octanol–water partition coefficient (Wildman–Crippen LogP) is 2.47. The van der Waals surface area contributed by atoms with Crippen LogP contribution in [-0.4, -0.2) is 33.5 Å². The summed E-state index contributed by atoms with van der Waals surface area (Å²) < 4.78 is 5.42. The van der Waals surface area contributed by atoms with Crippen molar-refractivity contribution in [3.63, 3.8) is 0 Å². The Morgan fingerprint density at radius 1 is 1.33 bits per heavy atom. The molecule has 6 nitrogen and oxygen atoms in total. The van der Waals surface area contributed by atoms with Gasteiger partial charge in [-0.3, -0.25) is 4.79 Å². The maximum absolute atomic E-state index is 12.2. The first-order chi connectivity index (χ1) is 11.6. The number of carbonyl (C=O) groups is 1. The molecule has 1 fully saturated rings. The number of carbonyl (C=O) groups excluding carboxylic acids is 1. The van der Waals surface area contributed by atoms with Crippen molar-refractivity contribution in [3.8, 4) is 0 Å². The minimum Gasteiger partial charge on any atom is -0.337 e. The summed E-state index contributed by atoms with van der Waals surface area (Å²) in [4.78, 5) is 18.6. The van der Waals surface area contributed by atoms with Crippen LogP contribution in [0.4, 0.5) is 0 Å². The van der Waals surface area contributed by atoms with Gasteiger partial charge < -0.3 is 14.7 Å². The molecule has 1 atom stereocenters. The molecule has 1 saturated heterocycles. The highest BCUT2D eigenvalue weighted by atomic mass is 16.5. The quantitative estimate of drug-likeness (QED) is 0.845. The largest absolute Gasteiger partial charge is 0.337 e. The second kappa shape index (κ2) is 7.57. The maximum atomic E-state index is 12.2. The summed E-state index contributed by atoms with van der Waals surface area (Å²) >= 11 is 0. The number of aromatic nitrogens is 2. The van der Waals surface area contributed by atoms with Crippen molar-refractivity contribution in [2.75, 3.05) is 6.54 Å². The second-order valence-electron chi connectivity index (χ2n) is 6.46. The third-order valence-electron chi connectivity index (χ3n) is 4.25. The van der Waals surface area contributed by atoms with Crippen molar-refractivity contribution in [1.82, 2.24) is 20.4 Å². The molecule has 1 aliphatic rings. The van der Waals surface area contributed by atoms with Gasteiger partial charge in [0.25, 0.3) is 0 Å². The van der Waals surface area contributed by atoms with Crippen LogP contribution in [0.15, 0.2) is 34.9 Å². The average Bonchev–Trinajstić information content (AvgIpc) is 3.18. The van der Waals surface area contributed by atoms with Gasteiger partial charge in [-0.05, 0) is 18.4 Å². The van der Waals surface area contributed by atoms with Gasteiger partial charge in [-0.2, -0.15) is 4.98 Å². The SMILES string of the molecule is CC(C)NCc1noc([C@@H]2CCC(=O)N2CCc2ccccc2)n1. The highest BCUT2D eigenvalue weighted by Gasteiger charge is 2.35. The fourth-order valence-corrected chi connectivity index (χ4v) is 2.94. The van der Waals surface area contributed by atoms with E-state index in [1.807, 2.05) is 23.1 Å². The van der Waals surface area contributed by atoms with Gasteiger partial charge in [0.2, 0.25) is 11.8 Å². The van der Waals surface area contributed by atoms with Crippen LogP contribution < -0.4 is 5.32 Å². The molecule has 1 aromatic carbocycles. The van der Waals surface area contributed by atoms with Crippen molar-refractivity contribution in [3.05, 3.63) is 47.6 Å². The number of likely N-dealkylation sites (tertiary alicyclic amines) is 1. The molecule has 2 aromatic rings. The summed E-state index contributed by atoms with van der Waals surface area (Å²) in [5, 5.41) is 7.29. The molecule has 0 unspecified atom stereocenters. The minimum absolute atomic E-state index is 0.0958. The van der Waals surface area contributed by atoms with Gasteiger partial charge in [0.15, 0.2) is 5.82 Å². The topological polar surface area (TPSA) is 71.3 Å². The van der Waals surface area contributed by atoms with Gasteiger partial charge in [-0.25, -0.2) is 0 Å². The number of benzene rings is 1. The summed E-state index contributed by atoms with van der Waals surface area (Å²) in [5.74, 6) is 1.35. The standard InChI is InChI=1S/C18H24N4O2/c1-13(2)19-12-16-20-18(24-21-16)15-8-9-17(23)22(15)11-10-14-6-4-3-5-7-14/h3-7,13,15,19H,8-12H2,1-2H3/t15-/m0/s1. The highest BCUT2D eigenvalue weighted by Crippen LogP contribution is 2.31. The van der Waals surface area contributed by atoms with Crippen LogP contribution in [0.25, 0.3) is 0 Å². The molecular formula is C18H24N4O2. The molecular weight excluding hydrogens is 304 g/mol. The maximum Gasteiger partial charge on any atom is 0.249 e. The van der Waals surface area contributed by atoms with Gasteiger partial charge in [-0.1, -0.05) is 49.3 Å². The Hall–Kier alpha value is -2.21. The van der Waals surface area contributed by atoms with Crippen molar-refractivity contribution >= 4 is 5.91 Å². The van der Waals surface area contributed by atoms with E-state index in [1.165, 1.54) is 5.56 Å². The van der Waals surface area contributed by atoms with Crippen LogP contribution in [0.3, 0.4) is 0 Å². The summed E-state index contributed by atoms with van der Waals surface area (Å²) in [6.07, 6.45) is 2.12. The lowest BCUT2D eigenvalue weighted by Crippen LogP contribution is -2.30. The summed E-state index contributed by atoms with van der Waals surface area (Å²) in [6, 6.07) is 10.5. The van der Waals surface area contributed by atoms with Crippen LogP contribution in [0, 0.1) is 0 Å². The van der Waals surface area contributed by atoms with Crippen LogP contribution in [0.2, 0.25) is 0 Å². The van der Waals surface area contributed by atoms with E-state index in [9.17, 15) is 4.79 Å². The monoisotopic (exact) mass is 328 g/mol. The van der Waals surface area contributed by atoms with E-state index < -0.39 is 0 Å². The van der Waals surface area contributed by atoms with E-state index in [1.54, 1.807) is 0 Å². The smallest absolute Gasteiger partial charge is 0.249 e. The van der Waals surface area contributed by atoms with Crippen LogP contribution in [0.5, 0.6) is 0 Å². The van der Waals surface area contributed by atoms with E-state index in [-0.39, 0.29) is 11.9 Å². The van der Waals surface area contributed by atoms with Crippen LogP contribution in [-0.2, 0) is 17.8 Å². The van der Waals surface area contributed by atoms with E-state index in [0.717, 1.165) is 12.8 Å². The molecule has 1 aliphatic heterocycles. The molecule has 3 rings (SSSR count). The molecule has 1 aromatic heterocycles. The van der Waals surface area contributed by atoms with Crippen molar-refractivity contribution in [2.45, 2.75) is 51.7 Å². The first kappa shape index (κ1) is 16.6. The third-order valence-corrected chi connectivity index (χ3v) is 4.25. The van der Waals surface area contributed by atoms with Crippen LogP contribution >= 0.6 is 0 Å². The Morgan fingerprint density at radius 3 is 2.88 bits per heavy atom. The first-order valence-electron chi connectivity index (χ1n) is 8.52. The van der Waals surface area contributed by atoms with E-state index >= 15 is 0 Å². The first-order valence-corrected chi connectivity index (χ1v) is 8.52.